The number of hydrogen-bond donors (Lipinski definition) is 2. The summed E-state index contributed by atoms with van der Waals surface area (Å²) >= 11 is 8.88. The topological polar surface area (TPSA) is 71.1 Å². The van der Waals surface area contributed by atoms with Crippen molar-refractivity contribution in [3.05, 3.63) is 75.8 Å². The van der Waals surface area contributed by atoms with Gasteiger partial charge in [-0.2, -0.15) is 0 Å². The molecule has 0 aliphatic carbocycles. The van der Waals surface area contributed by atoms with Crippen LogP contribution in [0.4, 0.5) is 5.69 Å². The van der Waals surface area contributed by atoms with E-state index in [1.165, 1.54) is 23.1 Å². The van der Waals surface area contributed by atoms with Crippen molar-refractivity contribution >= 4 is 52.2 Å². The number of anilines is 1. The van der Waals surface area contributed by atoms with E-state index in [9.17, 15) is 9.59 Å². The summed E-state index contributed by atoms with van der Waals surface area (Å²) in [5, 5.41) is 8.18. The first-order valence-corrected chi connectivity index (χ1v) is 11.2. The standard InChI is InChI=1S/C21H20ClN3O2S2/c1-14-6-8-16(9-7-14)24-20(27)13-29-21-25-17(12-28-21)10-19(26)23-11-15-4-2-3-5-18(15)22/h2-9,12H,10-11,13H2,1H3,(H,23,26)(H,24,27). The Morgan fingerprint density at radius 3 is 2.62 bits per heavy atom. The first kappa shape index (κ1) is 21.4. The summed E-state index contributed by atoms with van der Waals surface area (Å²) in [4.78, 5) is 28.6. The largest absolute Gasteiger partial charge is 0.352 e. The van der Waals surface area contributed by atoms with E-state index in [2.05, 4.69) is 15.6 Å². The summed E-state index contributed by atoms with van der Waals surface area (Å²) in [6, 6.07) is 15.1. The number of benzene rings is 2. The molecule has 1 heterocycles. The molecular weight excluding hydrogens is 426 g/mol. The van der Waals surface area contributed by atoms with Crippen LogP contribution in [0.25, 0.3) is 0 Å². The fourth-order valence-electron chi connectivity index (χ4n) is 2.46. The van der Waals surface area contributed by atoms with Crippen LogP contribution in [-0.2, 0) is 22.6 Å². The number of aryl methyl sites for hydroxylation is 1. The number of carbonyl (C=O) groups is 2. The van der Waals surface area contributed by atoms with Gasteiger partial charge < -0.3 is 10.6 Å². The second kappa shape index (κ2) is 10.4. The van der Waals surface area contributed by atoms with Gasteiger partial charge in [-0.1, -0.05) is 59.3 Å². The van der Waals surface area contributed by atoms with Gasteiger partial charge in [-0.25, -0.2) is 4.98 Å². The maximum absolute atomic E-state index is 12.1. The molecule has 0 saturated carbocycles. The summed E-state index contributed by atoms with van der Waals surface area (Å²) < 4.78 is 0.762. The lowest BCUT2D eigenvalue weighted by Crippen LogP contribution is -2.24. The van der Waals surface area contributed by atoms with Gasteiger partial charge in [0.15, 0.2) is 4.34 Å². The fraction of sp³-hybridized carbons (Fsp3) is 0.190. The van der Waals surface area contributed by atoms with Crippen molar-refractivity contribution in [3.8, 4) is 0 Å². The molecule has 29 heavy (non-hydrogen) atoms. The molecule has 0 spiro atoms. The minimum absolute atomic E-state index is 0.0897. The Kier molecular flexibility index (Phi) is 7.69. The molecule has 2 amide bonds. The second-order valence-corrected chi connectivity index (χ2v) is 8.84. The molecular formula is C21H20ClN3O2S2. The number of thioether (sulfide) groups is 1. The van der Waals surface area contributed by atoms with Gasteiger partial charge in [0, 0.05) is 22.6 Å². The van der Waals surface area contributed by atoms with Gasteiger partial charge in [0.2, 0.25) is 11.8 Å². The number of aromatic nitrogens is 1. The van der Waals surface area contributed by atoms with Crippen LogP contribution < -0.4 is 10.6 Å². The van der Waals surface area contributed by atoms with E-state index in [4.69, 9.17) is 11.6 Å². The predicted octanol–water partition coefficient (Wildman–Crippen LogP) is 4.69. The maximum Gasteiger partial charge on any atom is 0.234 e. The average molecular weight is 446 g/mol. The SMILES string of the molecule is Cc1ccc(NC(=O)CSc2nc(CC(=O)NCc3ccccc3Cl)cs2)cc1. The summed E-state index contributed by atoms with van der Waals surface area (Å²) in [6.07, 6.45) is 0.192. The number of hydrogen-bond acceptors (Lipinski definition) is 5. The van der Waals surface area contributed by atoms with Crippen LogP contribution in [0, 0.1) is 6.92 Å². The normalized spacial score (nSPS) is 10.6. The van der Waals surface area contributed by atoms with Crippen molar-refractivity contribution in [1.29, 1.82) is 0 Å². The molecule has 3 aromatic rings. The number of amides is 2. The van der Waals surface area contributed by atoms with E-state index < -0.39 is 0 Å². The first-order chi connectivity index (χ1) is 14.0. The molecule has 0 aliphatic rings. The van der Waals surface area contributed by atoms with Gasteiger partial charge in [-0.05, 0) is 30.7 Å². The van der Waals surface area contributed by atoms with Gasteiger partial charge in [-0.3, -0.25) is 9.59 Å². The number of carbonyl (C=O) groups excluding carboxylic acids is 2. The highest BCUT2D eigenvalue weighted by molar-refractivity contribution is 8.01. The molecule has 150 valence electrons. The molecule has 2 N–H and O–H groups in total. The molecule has 0 radical (unpaired) electrons. The average Bonchev–Trinajstić information content (AvgIpc) is 3.15. The lowest BCUT2D eigenvalue weighted by atomic mass is 10.2. The lowest BCUT2D eigenvalue weighted by Gasteiger charge is -2.06. The predicted molar refractivity (Wildman–Crippen MR) is 120 cm³/mol. The summed E-state index contributed by atoms with van der Waals surface area (Å²) in [5.74, 6) is 0.0523. The van der Waals surface area contributed by atoms with E-state index in [1.54, 1.807) is 6.07 Å². The third-order valence-corrected chi connectivity index (χ3v) is 6.41. The molecule has 8 heteroatoms. The molecule has 2 aromatic carbocycles. The van der Waals surface area contributed by atoms with Crippen LogP contribution in [0.3, 0.4) is 0 Å². The van der Waals surface area contributed by atoms with Crippen molar-refractivity contribution in [2.45, 2.75) is 24.2 Å². The van der Waals surface area contributed by atoms with Crippen LogP contribution in [0.15, 0.2) is 58.3 Å². The van der Waals surface area contributed by atoms with E-state index in [-0.39, 0.29) is 24.0 Å². The smallest absolute Gasteiger partial charge is 0.234 e. The van der Waals surface area contributed by atoms with Gasteiger partial charge in [0.1, 0.15) is 0 Å². The second-order valence-electron chi connectivity index (χ2n) is 6.35. The van der Waals surface area contributed by atoms with Crippen LogP contribution in [0.2, 0.25) is 5.02 Å². The number of rotatable bonds is 8. The zero-order valence-electron chi connectivity index (χ0n) is 15.8. The van der Waals surface area contributed by atoms with Crippen LogP contribution in [0.5, 0.6) is 0 Å². The van der Waals surface area contributed by atoms with Crippen LogP contribution >= 0.6 is 34.7 Å². The Morgan fingerprint density at radius 1 is 1.10 bits per heavy atom. The Bertz CT molecular complexity index is 990. The zero-order valence-corrected chi connectivity index (χ0v) is 18.2. The van der Waals surface area contributed by atoms with E-state index in [0.29, 0.717) is 17.3 Å². The lowest BCUT2D eigenvalue weighted by molar-refractivity contribution is -0.120. The molecule has 0 aliphatic heterocycles. The van der Waals surface area contributed by atoms with E-state index >= 15 is 0 Å². The van der Waals surface area contributed by atoms with E-state index in [1.807, 2.05) is 54.8 Å². The third kappa shape index (κ3) is 6.88. The van der Waals surface area contributed by atoms with Crippen LogP contribution in [0.1, 0.15) is 16.8 Å². The Hall–Kier alpha value is -2.35. The monoisotopic (exact) mass is 445 g/mol. The highest BCUT2D eigenvalue weighted by Gasteiger charge is 2.11. The minimum atomic E-state index is -0.121. The molecule has 0 fully saturated rings. The Balaban J connectivity index is 1.42. The number of nitrogens with one attached hydrogen (secondary N) is 2. The van der Waals surface area contributed by atoms with Crippen molar-refractivity contribution < 1.29 is 9.59 Å². The third-order valence-electron chi connectivity index (χ3n) is 3.97. The van der Waals surface area contributed by atoms with Crippen molar-refractivity contribution in [1.82, 2.24) is 10.3 Å². The van der Waals surface area contributed by atoms with Gasteiger partial charge in [-0.15, -0.1) is 11.3 Å². The molecule has 0 atom stereocenters. The Morgan fingerprint density at radius 2 is 1.86 bits per heavy atom. The van der Waals surface area contributed by atoms with Crippen molar-refractivity contribution in [2.24, 2.45) is 0 Å². The quantitative estimate of drug-likeness (QED) is 0.493. The van der Waals surface area contributed by atoms with Gasteiger partial charge >= 0.3 is 0 Å². The van der Waals surface area contributed by atoms with Crippen molar-refractivity contribution in [2.75, 3.05) is 11.1 Å². The summed E-state index contributed by atoms with van der Waals surface area (Å²) in [6.45, 7) is 2.38. The van der Waals surface area contributed by atoms with Crippen LogP contribution in [-0.4, -0.2) is 22.6 Å². The maximum atomic E-state index is 12.1. The van der Waals surface area contributed by atoms with Gasteiger partial charge in [0.25, 0.3) is 0 Å². The number of nitrogens with zero attached hydrogens (tertiary/aromatic N) is 1. The molecule has 3 rings (SSSR count). The highest BCUT2D eigenvalue weighted by Crippen LogP contribution is 2.23. The summed E-state index contributed by atoms with van der Waals surface area (Å²) in [5.41, 5.74) is 3.48. The Labute approximate surface area is 182 Å². The summed E-state index contributed by atoms with van der Waals surface area (Å²) in [7, 11) is 0. The zero-order chi connectivity index (χ0) is 20.6. The number of thiazole rings is 1. The fourth-order valence-corrected chi connectivity index (χ4v) is 4.31. The molecule has 5 nitrogen and oxygen atoms in total. The molecule has 1 aromatic heterocycles. The molecule has 0 unspecified atom stereocenters. The van der Waals surface area contributed by atoms with E-state index in [0.717, 1.165) is 21.2 Å². The molecule has 0 saturated heterocycles. The minimum Gasteiger partial charge on any atom is -0.352 e. The van der Waals surface area contributed by atoms with Gasteiger partial charge in [0.05, 0.1) is 17.9 Å². The number of halogens is 1. The molecule has 0 bridgehead atoms. The van der Waals surface area contributed by atoms with Crippen molar-refractivity contribution in [3.63, 3.8) is 0 Å². The highest BCUT2D eigenvalue weighted by atomic mass is 35.5. The first-order valence-electron chi connectivity index (χ1n) is 8.93.